The zero-order chi connectivity index (χ0) is 11.1. The van der Waals surface area contributed by atoms with E-state index in [2.05, 4.69) is 5.32 Å². The lowest BCUT2D eigenvalue weighted by atomic mass is 10.3. The van der Waals surface area contributed by atoms with Crippen LogP contribution in [0, 0.1) is 0 Å². The molecule has 0 atom stereocenters. The fourth-order valence-electron chi connectivity index (χ4n) is 1.15. The van der Waals surface area contributed by atoms with E-state index in [4.69, 9.17) is 4.74 Å². The SMILES string of the molecule is COCCNC(=O)N(C)c1ccccc1. The first kappa shape index (κ1) is 11.5. The molecule has 15 heavy (non-hydrogen) atoms. The first-order chi connectivity index (χ1) is 7.25. The second-order valence-corrected chi connectivity index (χ2v) is 3.12. The highest BCUT2D eigenvalue weighted by Gasteiger charge is 2.08. The Hall–Kier alpha value is -1.55. The van der Waals surface area contributed by atoms with Crippen molar-refractivity contribution < 1.29 is 9.53 Å². The highest BCUT2D eigenvalue weighted by atomic mass is 16.5. The van der Waals surface area contributed by atoms with Crippen LogP contribution >= 0.6 is 0 Å². The van der Waals surface area contributed by atoms with Crippen molar-refractivity contribution in [3.8, 4) is 0 Å². The Morgan fingerprint density at radius 2 is 2.07 bits per heavy atom. The molecule has 2 amide bonds. The first-order valence-electron chi connectivity index (χ1n) is 4.81. The molecule has 0 aliphatic rings. The van der Waals surface area contributed by atoms with Gasteiger partial charge in [0.25, 0.3) is 0 Å². The summed E-state index contributed by atoms with van der Waals surface area (Å²) in [7, 11) is 3.34. The topological polar surface area (TPSA) is 41.6 Å². The number of nitrogens with zero attached hydrogens (tertiary/aromatic N) is 1. The standard InChI is InChI=1S/C11H16N2O2/c1-13(10-6-4-3-5-7-10)11(14)12-8-9-15-2/h3-7H,8-9H2,1-2H3,(H,12,14). The normalized spacial score (nSPS) is 9.73. The van der Waals surface area contributed by atoms with Crippen LogP contribution in [0.25, 0.3) is 0 Å². The van der Waals surface area contributed by atoms with E-state index < -0.39 is 0 Å². The average molecular weight is 208 g/mol. The second kappa shape index (κ2) is 6.03. The minimum absolute atomic E-state index is 0.127. The van der Waals surface area contributed by atoms with Gasteiger partial charge in [-0.3, -0.25) is 4.90 Å². The third kappa shape index (κ3) is 3.59. The van der Waals surface area contributed by atoms with E-state index in [-0.39, 0.29) is 6.03 Å². The van der Waals surface area contributed by atoms with Gasteiger partial charge in [-0.2, -0.15) is 0 Å². The lowest BCUT2D eigenvalue weighted by molar-refractivity contribution is 0.197. The van der Waals surface area contributed by atoms with Crippen LogP contribution in [0.1, 0.15) is 0 Å². The summed E-state index contributed by atoms with van der Waals surface area (Å²) >= 11 is 0. The fraction of sp³-hybridized carbons (Fsp3) is 0.364. The molecule has 4 nitrogen and oxygen atoms in total. The van der Waals surface area contributed by atoms with E-state index in [1.807, 2.05) is 30.3 Å². The summed E-state index contributed by atoms with van der Waals surface area (Å²) in [5, 5.41) is 2.74. The molecule has 0 unspecified atom stereocenters. The molecule has 0 aliphatic carbocycles. The van der Waals surface area contributed by atoms with Crippen LogP contribution in [0.5, 0.6) is 0 Å². The molecule has 0 heterocycles. The number of hydrogen-bond donors (Lipinski definition) is 1. The lowest BCUT2D eigenvalue weighted by Crippen LogP contribution is -2.38. The summed E-state index contributed by atoms with van der Waals surface area (Å²) < 4.78 is 4.84. The number of carbonyl (C=O) groups is 1. The molecule has 0 aliphatic heterocycles. The van der Waals surface area contributed by atoms with E-state index in [1.54, 1.807) is 19.1 Å². The molecule has 1 aromatic carbocycles. The smallest absolute Gasteiger partial charge is 0.321 e. The summed E-state index contributed by atoms with van der Waals surface area (Å²) in [5.41, 5.74) is 0.868. The van der Waals surface area contributed by atoms with E-state index in [0.717, 1.165) is 5.69 Å². The Kier molecular flexibility index (Phi) is 4.63. The number of amides is 2. The molecule has 0 saturated heterocycles. The number of carbonyl (C=O) groups excluding carboxylic acids is 1. The Balaban J connectivity index is 2.46. The summed E-state index contributed by atoms with van der Waals surface area (Å²) in [6.07, 6.45) is 0. The summed E-state index contributed by atoms with van der Waals surface area (Å²) in [4.78, 5) is 13.1. The van der Waals surface area contributed by atoms with Crippen LogP contribution in [0.4, 0.5) is 10.5 Å². The molecule has 0 bridgehead atoms. The van der Waals surface area contributed by atoms with Crippen LogP contribution in [-0.4, -0.2) is 33.3 Å². The third-order valence-electron chi connectivity index (χ3n) is 2.03. The van der Waals surface area contributed by atoms with E-state index in [0.29, 0.717) is 13.2 Å². The van der Waals surface area contributed by atoms with Crippen LogP contribution in [0.2, 0.25) is 0 Å². The van der Waals surface area contributed by atoms with Crippen LogP contribution in [0.15, 0.2) is 30.3 Å². The fourth-order valence-corrected chi connectivity index (χ4v) is 1.15. The van der Waals surface area contributed by atoms with Gasteiger partial charge in [-0.15, -0.1) is 0 Å². The number of hydrogen-bond acceptors (Lipinski definition) is 2. The molecule has 1 rings (SSSR count). The third-order valence-corrected chi connectivity index (χ3v) is 2.03. The minimum atomic E-state index is -0.127. The minimum Gasteiger partial charge on any atom is -0.383 e. The average Bonchev–Trinajstić information content (AvgIpc) is 2.29. The largest absolute Gasteiger partial charge is 0.383 e. The van der Waals surface area contributed by atoms with Gasteiger partial charge < -0.3 is 10.1 Å². The predicted molar refractivity (Wildman–Crippen MR) is 60.1 cm³/mol. The summed E-state index contributed by atoms with van der Waals surface area (Å²) in [6.45, 7) is 1.04. The van der Waals surface area contributed by atoms with Gasteiger partial charge in [0.1, 0.15) is 0 Å². The van der Waals surface area contributed by atoms with Crippen molar-refractivity contribution in [2.75, 3.05) is 32.2 Å². The molecule has 1 aromatic rings. The quantitative estimate of drug-likeness (QED) is 0.761. The van der Waals surface area contributed by atoms with E-state index in [1.165, 1.54) is 0 Å². The Morgan fingerprint density at radius 1 is 1.40 bits per heavy atom. The van der Waals surface area contributed by atoms with Crippen molar-refractivity contribution in [1.29, 1.82) is 0 Å². The molecule has 82 valence electrons. The zero-order valence-electron chi connectivity index (χ0n) is 9.06. The van der Waals surface area contributed by atoms with Gasteiger partial charge in [0, 0.05) is 26.4 Å². The van der Waals surface area contributed by atoms with E-state index in [9.17, 15) is 4.79 Å². The first-order valence-corrected chi connectivity index (χ1v) is 4.81. The molecular formula is C11H16N2O2. The van der Waals surface area contributed by atoms with Crippen molar-refractivity contribution in [1.82, 2.24) is 5.32 Å². The highest BCUT2D eigenvalue weighted by molar-refractivity contribution is 5.91. The number of para-hydroxylation sites is 1. The van der Waals surface area contributed by atoms with Crippen molar-refractivity contribution in [3.63, 3.8) is 0 Å². The molecule has 4 heteroatoms. The van der Waals surface area contributed by atoms with Crippen molar-refractivity contribution in [2.45, 2.75) is 0 Å². The van der Waals surface area contributed by atoms with Crippen LogP contribution in [0.3, 0.4) is 0 Å². The lowest BCUT2D eigenvalue weighted by Gasteiger charge is -2.17. The number of ether oxygens (including phenoxy) is 1. The zero-order valence-corrected chi connectivity index (χ0v) is 9.06. The number of urea groups is 1. The number of methoxy groups -OCH3 is 1. The molecule has 1 N–H and O–H groups in total. The number of rotatable bonds is 4. The molecule has 0 aromatic heterocycles. The predicted octanol–water partition coefficient (Wildman–Crippen LogP) is 1.48. The van der Waals surface area contributed by atoms with Gasteiger partial charge in [0.2, 0.25) is 0 Å². The summed E-state index contributed by atoms with van der Waals surface area (Å²) in [5.74, 6) is 0. The maximum atomic E-state index is 11.6. The Morgan fingerprint density at radius 3 is 2.67 bits per heavy atom. The Labute approximate surface area is 89.8 Å². The maximum Gasteiger partial charge on any atom is 0.321 e. The van der Waals surface area contributed by atoms with Crippen molar-refractivity contribution in [2.24, 2.45) is 0 Å². The number of benzene rings is 1. The van der Waals surface area contributed by atoms with Gasteiger partial charge in [-0.05, 0) is 12.1 Å². The molecular weight excluding hydrogens is 192 g/mol. The summed E-state index contributed by atoms with van der Waals surface area (Å²) in [6, 6.07) is 9.35. The van der Waals surface area contributed by atoms with Crippen molar-refractivity contribution in [3.05, 3.63) is 30.3 Å². The van der Waals surface area contributed by atoms with Gasteiger partial charge in [-0.1, -0.05) is 18.2 Å². The molecule has 0 spiro atoms. The molecule has 0 saturated carbocycles. The van der Waals surface area contributed by atoms with Crippen molar-refractivity contribution >= 4 is 11.7 Å². The number of anilines is 1. The highest BCUT2D eigenvalue weighted by Crippen LogP contribution is 2.10. The monoisotopic (exact) mass is 208 g/mol. The van der Waals surface area contributed by atoms with Gasteiger partial charge in [-0.25, -0.2) is 4.79 Å². The second-order valence-electron chi connectivity index (χ2n) is 3.12. The van der Waals surface area contributed by atoms with Crippen LogP contribution in [-0.2, 0) is 4.74 Å². The Bertz CT molecular complexity index is 301. The van der Waals surface area contributed by atoms with Gasteiger partial charge in [0.05, 0.1) is 6.61 Å². The van der Waals surface area contributed by atoms with Crippen LogP contribution < -0.4 is 10.2 Å². The molecule has 0 fully saturated rings. The maximum absolute atomic E-state index is 11.6. The molecule has 0 radical (unpaired) electrons. The number of nitrogens with one attached hydrogen (secondary N) is 1. The van der Waals surface area contributed by atoms with Gasteiger partial charge >= 0.3 is 6.03 Å². The van der Waals surface area contributed by atoms with Gasteiger partial charge in [0.15, 0.2) is 0 Å². The van der Waals surface area contributed by atoms with E-state index >= 15 is 0 Å².